The summed E-state index contributed by atoms with van der Waals surface area (Å²) in [7, 11) is 2.19. The van der Waals surface area contributed by atoms with E-state index in [9.17, 15) is 0 Å². The topological polar surface area (TPSA) is 32.3 Å². The quantitative estimate of drug-likeness (QED) is 0.872. The predicted octanol–water partition coefficient (Wildman–Crippen LogP) is 3.03. The minimum Gasteiger partial charge on any atom is -0.306 e. The molecule has 0 radical (unpaired) electrons. The van der Waals surface area contributed by atoms with Crippen molar-refractivity contribution < 1.29 is 0 Å². The lowest BCUT2D eigenvalue weighted by Gasteiger charge is -2.27. The average molecular weight is 310 g/mol. The molecule has 2 aliphatic rings. The van der Waals surface area contributed by atoms with E-state index in [0.717, 1.165) is 31.0 Å². The number of rotatable bonds is 3. The van der Waals surface area contributed by atoms with Crippen LogP contribution in [-0.2, 0) is 6.54 Å². The Bertz CT molecular complexity index is 670. The molecule has 3 heterocycles. The fraction of sp³-hybridized carbons (Fsp3) is 0.579. The van der Waals surface area contributed by atoms with Crippen molar-refractivity contribution in [3.8, 4) is 0 Å². The molecule has 122 valence electrons. The van der Waals surface area contributed by atoms with Gasteiger partial charge in [0, 0.05) is 24.0 Å². The Morgan fingerprint density at radius 3 is 2.65 bits per heavy atom. The molecule has 0 aliphatic carbocycles. The van der Waals surface area contributed by atoms with Gasteiger partial charge in [-0.15, -0.1) is 0 Å². The van der Waals surface area contributed by atoms with Gasteiger partial charge in [-0.05, 0) is 76.6 Å². The summed E-state index contributed by atoms with van der Waals surface area (Å²) in [6, 6.07) is 6.69. The van der Waals surface area contributed by atoms with Crippen molar-refractivity contribution >= 4 is 10.9 Å². The smallest absolute Gasteiger partial charge is 0.132 e. The second-order valence-corrected chi connectivity index (χ2v) is 7.18. The molecule has 0 N–H and O–H groups in total. The summed E-state index contributed by atoms with van der Waals surface area (Å²) in [6.07, 6.45) is 7.07. The number of likely N-dealkylation sites (tertiary alicyclic amines) is 2. The van der Waals surface area contributed by atoms with Crippen LogP contribution in [0.3, 0.4) is 0 Å². The molecule has 2 fully saturated rings. The Kier molecular flexibility index (Phi) is 4.27. The van der Waals surface area contributed by atoms with E-state index >= 15 is 0 Å². The Hall–Kier alpha value is -1.52. The zero-order valence-electron chi connectivity index (χ0n) is 14.0. The average Bonchev–Trinajstić information content (AvgIpc) is 3.08. The van der Waals surface area contributed by atoms with Crippen molar-refractivity contribution in [2.75, 3.05) is 33.2 Å². The van der Waals surface area contributed by atoms with E-state index in [2.05, 4.69) is 40.0 Å². The van der Waals surface area contributed by atoms with Crippen LogP contribution in [0.25, 0.3) is 10.9 Å². The van der Waals surface area contributed by atoms with Crippen molar-refractivity contribution in [2.24, 2.45) is 0 Å². The number of hydrogen-bond acceptors (Lipinski definition) is 4. The van der Waals surface area contributed by atoms with Gasteiger partial charge in [0.2, 0.25) is 0 Å². The van der Waals surface area contributed by atoms with Gasteiger partial charge in [0.05, 0.1) is 5.52 Å². The highest BCUT2D eigenvalue weighted by atomic mass is 15.1. The van der Waals surface area contributed by atoms with Gasteiger partial charge >= 0.3 is 0 Å². The highest BCUT2D eigenvalue weighted by Gasteiger charge is 2.21. The molecule has 0 atom stereocenters. The number of benzene rings is 1. The van der Waals surface area contributed by atoms with E-state index in [1.807, 2.05) is 6.20 Å². The molecule has 0 amide bonds. The zero-order chi connectivity index (χ0) is 15.6. The molecule has 0 spiro atoms. The van der Waals surface area contributed by atoms with Crippen LogP contribution in [0.2, 0.25) is 0 Å². The van der Waals surface area contributed by atoms with Crippen LogP contribution in [0.15, 0.2) is 24.4 Å². The van der Waals surface area contributed by atoms with Crippen molar-refractivity contribution in [3.05, 3.63) is 35.8 Å². The lowest BCUT2D eigenvalue weighted by Crippen LogP contribution is -2.29. The van der Waals surface area contributed by atoms with E-state index in [-0.39, 0.29) is 0 Å². The molecule has 0 unspecified atom stereocenters. The predicted molar refractivity (Wildman–Crippen MR) is 93.5 cm³/mol. The number of nitrogens with zero attached hydrogens (tertiary/aromatic N) is 4. The Morgan fingerprint density at radius 1 is 1.09 bits per heavy atom. The third-order valence-electron chi connectivity index (χ3n) is 5.35. The summed E-state index contributed by atoms with van der Waals surface area (Å²) < 4.78 is 0. The number of fused-ring (bicyclic) bond motifs is 1. The molecule has 2 aromatic rings. The van der Waals surface area contributed by atoms with Crippen LogP contribution < -0.4 is 0 Å². The van der Waals surface area contributed by atoms with Gasteiger partial charge in [0.25, 0.3) is 0 Å². The van der Waals surface area contributed by atoms with Gasteiger partial charge in [-0.3, -0.25) is 4.90 Å². The van der Waals surface area contributed by atoms with Gasteiger partial charge in [0.1, 0.15) is 5.82 Å². The van der Waals surface area contributed by atoms with E-state index in [4.69, 9.17) is 4.98 Å². The first kappa shape index (κ1) is 15.0. The summed E-state index contributed by atoms with van der Waals surface area (Å²) in [6.45, 7) is 5.85. The molecule has 4 nitrogen and oxygen atoms in total. The zero-order valence-corrected chi connectivity index (χ0v) is 14.0. The maximum absolute atomic E-state index is 4.85. The summed E-state index contributed by atoms with van der Waals surface area (Å²) in [5, 5.41) is 1.18. The summed E-state index contributed by atoms with van der Waals surface area (Å²) in [5.74, 6) is 1.57. The Morgan fingerprint density at radius 2 is 1.87 bits per heavy atom. The summed E-state index contributed by atoms with van der Waals surface area (Å²) in [4.78, 5) is 14.5. The monoisotopic (exact) mass is 310 g/mol. The molecule has 4 heteroatoms. The van der Waals surface area contributed by atoms with Crippen LogP contribution in [0.4, 0.5) is 0 Å². The van der Waals surface area contributed by atoms with E-state index in [1.54, 1.807) is 0 Å². The standard InChI is InChI=1S/C19H26N4/c1-22-10-6-16(7-11-22)19-20-13-17-12-15(4-5-18(17)21-19)14-23-8-2-3-9-23/h4-5,12-13,16H,2-3,6-11,14H2,1H3. The Balaban J connectivity index is 1.52. The van der Waals surface area contributed by atoms with Crippen LogP contribution in [0.1, 0.15) is 43.0 Å². The highest BCUT2D eigenvalue weighted by Crippen LogP contribution is 2.26. The molecular formula is C19H26N4. The molecule has 2 saturated heterocycles. The molecule has 1 aromatic heterocycles. The second kappa shape index (κ2) is 6.54. The van der Waals surface area contributed by atoms with E-state index in [1.165, 1.54) is 49.7 Å². The number of piperidine rings is 1. The molecule has 1 aromatic carbocycles. The SMILES string of the molecule is CN1CCC(c2ncc3cc(CN4CCCC4)ccc3n2)CC1. The van der Waals surface area contributed by atoms with E-state index < -0.39 is 0 Å². The lowest BCUT2D eigenvalue weighted by atomic mass is 9.96. The largest absolute Gasteiger partial charge is 0.306 e. The van der Waals surface area contributed by atoms with Crippen molar-refractivity contribution in [1.29, 1.82) is 0 Å². The third kappa shape index (κ3) is 3.38. The Labute approximate surface area is 138 Å². The van der Waals surface area contributed by atoms with Gasteiger partial charge in [-0.25, -0.2) is 9.97 Å². The molecule has 23 heavy (non-hydrogen) atoms. The molecule has 0 saturated carbocycles. The maximum Gasteiger partial charge on any atom is 0.132 e. The minimum atomic E-state index is 0.528. The first-order valence-corrected chi connectivity index (χ1v) is 8.94. The van der Waals surface area contributed by atoms with Crippen LogP contribution >= 0.6 is 0 Å². The van der Waals surface area contributed by atoms with Crippen LogP contribution in [-0.4, -0.2) is 53.0 Å². The second-order valence-electron chi connectivity index (χ2n) is 7.18. The lowest BCUT2D eigenvalue weighted by molar-refractivity contribution is 0.251. The highest BCUT2D eigenvalue weighted by molar-refractivity contribution is 5.78. The fourth-order valence-corrected chi connectivity index (χ4v) is 3.86. The summed E-state index contributed by atoms with van der Waals surface area (Å²) >= 11 is 0. The molecule has 2 aliphatic heterocycles. The number of hydrogen-bond donors (Lipinski definition) is 0. The van der Waals surface area contributed by atoms with Gasteiger partial charge in [-0.2, -0.15) is 0 Å². The molecular weight excluding hydrogens is 284 g/mol. The van der Waals surface area contributed by atoms with Crippen molar-refractivity contribution in [2.45, 2.75) is 38.1 Å². The maximum atomic E-state index is 4.85. The first-order chi connectivity index (χ1) is 11.3. The van der Waals surface area contributed by atoms with Gasteiger partial charge in [-0.1, -0.05) is 6.07 Å². The summed E-state index contributed by atoms with van der Waals surface area (Å²) in [5.41, 5.74) is 2.48. The van der Waals surface area contributed by atoms with E-state index in [0.29, 0.717) is 5.92 Å². The normalized spacial score (nSPS) is 21.3. The molecule has 4 rings (SSSR count). The minimum absolute atomic E-state index is 0.528. The van der Waals surface area contributed by atoms with Gasteiger partial charge in [0.15, 0.2) is 0 Å². The fourth-order valence-electron chi connectivity index (χ4n) is 3.86. The third-order valence-corrected chi connectivity index (χ3v) is 5.35. The van der Waals surface area contributed by atoms with Gasteiger partial charge < -0.3 is 4.90 Å². The molecule has 0 bridgehead atoms. The number of aromatic nitrogens is 2. The van der Waals surface area contributed by atoms with Crippen LogP contribution in [0, 0.1) is 0 Å². The van der Waals surface area contributed by atoms with Crippen molar-refractivity contribution in [3.63, 3.8) is 0 Å². The van der Waals surface area contributed by atoms with Crippen molar-refractivity contribution in [1.82, 2.24) is 19.8 Å². The first-order valence-electron chi connectivity index (χ1n) is 8.94. The van der Waals surface area contributed by atoms with Crippen LogP contribution in [0.5, 0.6) is 0 Å².